The maximum Gasteiger partial charge on any atom is 0.234 e. The maximum atomic E-state index is 5.91. The Bertz CT molecular complexity index is 982. The Morgan fingerprint density at radius 1 is 1.11 bits per heavy atom. The summed E-state index contributed by atoms with van der Waals surface area (Å²) in [6.07, 6.45) is 8.04. The molecule has 0 aliphatic carbocycles. The van der Waals surface area contributed by atoms with Gasteiger partial charge in [0.05, 0.1) is 24.3 Å². The molecule has 2 aromatic carbocycles. The van der Waals surface area contributed by atoms with E-state index in [4.69, 9.17) is 20.6 Å². The highest BCUT2D eigenvalue weighted by molar-refractivity contribution is 5.91. The van der Waals surface area contributed by atoms with Gasteiger partial charge in [-0.15, -0.1) is 11.4 Å². The fourth-order valence-corrected chi connectivity index (χ4v) is 2.71. The van der Waals surface area contributed by atoms with Crippen LogP contribution in [0.2, 0.25) is 0 Å². The molecular weight excluding hydrogens is 354 g/mol. The molecule has 0 aliphatic heterocycles. The van der Waals surface area contributed by atoms with E-state index in [0.717, 1.165) is 34.4 Å². The topological polar surface area (TPSA) is 66.8 Å². The summed E-state index contributed by atoms with van der Waals surface area (Å²) in [5, 5.41) is 4.26. The molecule has 6 nitrogen and oxygen atoms in total. The lowest BCUT2D eigenvalue weighted by Gasteiger charge is -2.13. The van der Waals surface area contributed by atoms with E-state index in [1.807, 2.05) is 36.4 Å². The molecule has 0 saturated heterocycles. The third-order valence-electron chi connectivity index (χ3n) is 4.05. The number of nitrogens with zero attached hydrogens (tertiary/aromatic N) is 1. The predicted octanol–water partition coefficient (Wildman–Crippen LogP) is 3.59. The second kappa shape index (κ2) is 9.58. The first kappa shape index (κ1) is 19.5. The van der Waals surface area contributed by atoms with Crippen molar-refractivity contribution in [3.8, 4) is 23.8 Å². The summed E-state index contributed by atoms with van der Waals surface area (Å²) < 4.78 is 16.8. The van der Waals surface area contributed by atoms with Crippen LogP contribution in [0.4, 0.5) is 11.5 Å². The van der Waals surface area contributed by atoms with Gasteiger partial charge in [0.25, 0.3) is 0 Å². The monoisotopic (exact) mass is 378 g/mol. The van der Waals surface area contributed by atoms with Crippen molar-refractivity contribution in [2.75, 3.05) is 32.2 Å². The predicted molar refractivity (Wildman–Crippen MR) is 109 cm³/mol. The van der Waals surface area contributed by atoms with E-state index in [1.54, 1.807) is 13.4 Å². The molecule has 0 unspecified atom stereocenters. The van der Waals surface area contributed by atoms with Gasteiger partial charge in [-0.1, -0.05) is 18.9 Å². The zero-order valence-corrected chi connectivity index (χ0v) is 16.1. The van der Waals surface area contributed by atoms with E-state index in [1.165, 1.54) is 0 Å². The van der Waals surface area contributed by atoms with Crippen molar-refractivity contribution in [1.29, 1.82) is 0 Å². The molecule has 0 saturated carbocycles. The number of hydrogen-bond acceptors (Lipinski definition) is 5. The molecule has 0 atom stereocenters. The molecule has 0 bridgehead atoms. The Morgan fingerprint density at radius 3 is 2.71 bits per heavy atom. The minimum atomic E-state index is 0.438. The minimum Gasteiger partial charge on any atom is -0.490 e. The molecule has 0 amide bonds. The van der Waals surface area contributed by atoms with Crippen LogP contribution in [-0.4, -0.2) is 31.9 Å². The van der Waals surface area contributed by atoms with Gasteiger partial charge in [-0.25, -0.2) is 4.98 Å². The van der Waals surface area contributed by atoms with Crippen LogP contribution in [0.3, 0.4) is 0 Å². The number of H-pyrrole nitrogens is 1. The van der Waals surface area contributed by atoms with Gasteiger partial charge in [-0.2, -0.15) is 0 Å². The van der Waals surface area contributed by atoms with E-state index in [2.05, 4.69) is 28.1 Å². The van der Waals surface area contributed by atoms with Crippen molar-refractivity contribution < 1.29 is 19.2 Å². The molecule has 6 heteroatoms. The third-order valence-corrected chi connectivity index (χ3v) is 4.05. The van der Waals surface area contributed by atoms with Crippen LogP contribution in [0, 0.1) is 12.3 Å². The number of anilines is 2. The lowest BCUT2D eigenvalue weighted by Crippen LogP contribution is -2.12. The van der Waals surface area contributed by atoms with Crippen LogP contribution < -0.4 is 19.8 Å². The number of aromatic nitrogens is 2. The second-order valence-corrected chi connectivity index (χ2v) is 6.13. The van der Waals surface area contributed by atoms with E-state index in [0.29, 0.717) is 31.3 Å². The number of terminal acetylenes is 1. The van der Waals surface area contributed by atoms with E-state index in [-0.39, 0.29) is 0 Å². The molecule has 1 heterocycles. The van der Waals surface area contributed by atoms with Crippen molar-refractivity contribution in [2.45, 2.75) is 13.3 Å². The Hall–Kier alpha value is -3.30. The first-order valence-corrected chi connectivity index (χ1v) is 9.17. The SMILES string of the molecule is C#Cc1cccc(Nc2[nH+]cnc3cc(OCCOC)c(OCCC)cc23)c1. The third kappa shape index (κ3) is 4.70. The first-order chi connectivity index (χ1) is 13.7. The molecule has 1 aromatic heterocycles. The molecular formula is C22H24N3O3+. The lowest BCUT2D eigenvalue weighted by molar-refractivity contribution is -0.363. The molecule has 28 heavy (non-hydrogen) atoms. The molecule has 0 fully saturated rings. The van der Waals surface area contributed by atoms with Gasteiger partial charge in [0, 0.05) is 24.8 Å². The van der Waals surface area contributed by atoms with Crippen molar-refractivity contribution in [1.82, 2.24) is 4.98 Å². The molecule has 0 radical (unpaired) electrons. The Morgan fingerprint density at radius 2 is 1.93 bits per heavy atom. The van der Waals surface area contributed by atoms with Crippen LogP contribution in [0.15, 0.2) is 42.7 Å². The van der Waals surface area contributed by atoms with Crippen molar-refractivity contribution in [3.63, 3.8) is 0 Å². The number of aromatic amines is 1. The highest BCUT2D eigenvalue weighted by atomic mass is 16.5. The minimum absolute atomic E-state index is 0.438. The van der Waals surface area contributed by atoms with Crippen molar-refractivity contribution in [2.24, 2.45) is 0 Å². The zero-order valence-electron chi connectivity index (χ0n) is 16.1. The Kier molecular flexibility index (Phi) is 6.66. The highest BCUT2D eigenvalue weighted by Crippen LogP contribution is 2.34. The lowest BCUT2D eigenvalue weighted by atomic mass is 10.2. The van der Waals surface area contributed by atoms with Gasteiger partial charge in [-0.3, -0.25) is 5.32 Å². The quantitative estimate of drug-likeness (QED) is 0.455. The fourth-order valence-electron chi connectivity index (χ4n) is 2.71. The average Bonchev–Trinajstić information content (AvgIpc) is 2.73. The maximum absolute atomic E-state index is 5.91. The van der Waals surface area contributed by atoms with Crippen LogP contribution in [-0.2, 0) is 4.74 Å². The van der Waals surface area contributed by atoms with Gasteiger partial charge in [0.2, 0.25) is 12.1 Å². The summed E-state index contributed by atoms with van der Waals surface area (Å²) in [6.45, 7) is 3.60. The molecule has 3 rings (SSSR count). The standard InChI is InChI=1S/C22H23N3O3/c1-4-9-27-20-13-18-19(14-21(20)28-11-10-26-3)23-15-24-22(18)25-17-8-6-7-16(5-2)12-17/h2,6-8,12-15H,4,9-11H2,1,3H3,(H,23,24,25)/p+1. The van der Waals surface area contributed by atoms with Crippen molar-refractivity contribution >= 4 is 22.4 Å². The number of benzene rings is 2. The van der Waals surface area contributed by atoms with Crippen LogP contribution >= 0.6 is 0 Å². The summed E-state index contributed by atoms with van der Waals surface area (Å²) in [5.41, 5.74) is 2.48. The average molecular weight is 378 g/mol. The smallest absolute Gasteiger partial charge is 0.234 e. The van der Waals surface area contributed by atoms with Crippen LogP contribution in [0.5, 0.6) is 11.5 Å². The number of methoxy groups -OCH3 is 1. The summed E-state index contributed by atoms with van der Waals surface area (Å²) in [7, 11) is 1.64. The van der Waals surface area contributed by atoms with E-state index < -0.39 is 0 Å². The van der Waals surface area contributed by atoms with E-state index in [9.17, 15) is 0 Å². The summed E-state index contributed by atoms with van der Waals surface area (Å²) in [6, 6.07) is 11.5. The number of rotatable bonds is 9. The zero-order chi connectivity index (χ0) is 19.8. The molecule has 0 spiro atoms. The summed E-state index contributed by atoms with van der Waals surface area (Å²) in [4.78, 5) is 7.59. The number of hydrogen-bond donors (Lipinski definition) is 1. The van der Waals surface area contributed by atoms with Crippen LogP contribution in [0.25, 0.3) is 10.9 Å². The van der Waals surface area contributed by atoms with Gasteiger partial charge in [0.1, 0.15) is 6.61 Å². The largest absolute Gasteiger partial charge is 0.490 e. The number of nitrogens with one attached hydrogen (secondary N) is 2. The molecule has 144 valence electrons. The van der Waals surface area contributed by atoms with Gasteiger partial charge < -0.3 is 14.2 Å². The highest BCUT2D eigenvalue weighted by Gasteiger charge is 2.16. The van der Waals surface area contributed by atoms with Crippen molar-refractivity contribution in [3.05, 3.63) is 48.3 Å². The number of fused-ring (bicyclic) bond motifs is 1. The fraction of sp³-hybridized carbons (Fsp3) is 0.273. The Labute approximate surface area is 164 Å². The van der Waals surface area contributed by atoms with Crippen LogP contribution in [0.1, 0.15) is 18.9 Å². The van der Waals surface area contributed by atoms with E-state index >= 15 is 0 Å². The summed E-state index contributed by atoms with van der Waals surface area (Å²) >= 11 is 0. The molecule has 3 aromatic rings. The van der Waals surface area contributed by atoms with Gasteiger partial charge >= 0.3 is 0 Å². The summed E-state index contributed by atoms with van der Waals surface area (Å²) in [5.74, 6) is 4.76. The van der Waals surface area contributed by atoms with Gasteiger partial charge in [-0.05, 0) is 24.6 Å². The molecule has 0 aliphatic rings. The molecule has 2 N–H and O–H groups in total. The van der Waals surface area contributed by atoms with Gasteiger partial charge in [0.15, 0.2) is 17.0 Å². The second-order valence-electron chi connectivity index (χ2n) is 6.13. The number of ether oxygens (including phenoxy) is 3. The first-order valence-electron chi connectivity index (χ1n) is 9.17. The Balaban J connectivity index is 1.98. The normalized spacial score (nSPS) is 10.5.